The molecule has 134 valence electrons. The van der Waals surface area contributed by atoms with Crippen molar-refractivity contribution in [1.29, 1.82) is 0 Å². The first-order valence-electron chi connectivity index (χ1n) is 7.35. The van der Waals surface area contributed by atoms with E-state index in [1.165, 1.54) is 7.11 Å². The second kappa shape index (κ2) is 8.14. The van der Waals surface area contributed by atoms with Crippen LogP contribution in [0.4, 0.5) is 13.2 Å². The summed E-state index contributed by atoms with van der Waals surface area (Å²) in [6.07, 6.45) is -5.61. The Balaban J connectivity index is 2.88. The monoisotopic (exact) mass is 347 g/mol. The molecule has 1 amide bonds. The third-order valence-corrected chi connectivity index (χ3v) is 3.77. The van der Waals surface area contributed by atoms with Crippen molar-refractivity contribution in [3.05, 3.63) is 35.4 Å². The third-order valence-electron chi connectivity index (χ3n) is 3.77. The molecule has 5 nitrogen and oxygen atoms in total. The molecule has 0 fully saturated rings. The summed E-state index contributed by atoms with van der Waals surface area (Å²) in [6.45, 7) is 3.55. The molecule has 1 rings (SSSR count). The topological polar surface area (TPSA) is 75.6 Å². The number of hydrogen-bond donors (Lipinski definition) is 2. The first kappa shape index (κ1) is 20.0. The number of aliphatic hydroxyl groups is 1. The van der Waals surface area contributed by atoms with Crippen LogP contribution in [-0.4, -0.2) is 30.1 Å². The lowest BCUT2D eigenvalue weighted by Gasteiger charge is -2.23. The van der Waals surface area contributed by atoms with Crippen molar-refractivity contribution in [3.63, 3.8) is 0 Å². The minimum absolute atomic E-state index is 0.00623. The van der Waals surface area contributed by atoms with Crippen LogP contribution in [0.1, 0.15) is 37.5 Å². The number of carbonyl (C=O) groups excluding carboxylic acids is 2. The quantitative estimate of drug-likeness (QED) is 0.775. The first-order chi connectivity index (χ1) is 11.1. The molecule has 0 radical (unpaired) electrons. The molecule has 0 saturated carbocycles. The minimum atomic E-state index is -4.50. The van der Waals surface area contributed by atoms with E-state index in [2.05, 4.69) is 10.1 Å². The van der Waals surface area contributed by atoms with Gasteiger partial charge in [0.15, 0.2) is 6.10 Å². The first-order valence-corrected chi connectivity index (χ1v) is 7.35. The van der Waals surface area contributed by atoms with E-state index in [1.54, 1.807) is 6.92 Å². The van der Waals surface area contributed by atoms with Gasteiger partial charge >= 0.3 is 12.1 Å². The summed E-state index contributed by atoms with van der Waals surface area (Å²) in [5, 5.41) is 12.4. The van der Waals surface area contributed by atoms with E-state index in [9.17, 15) is 27.9 Å². The van der Waals surface area contributed by atoms with Crippen LogP contribution in [0.15, 0.2) is 24.3 Å². The van der Waals surface area contributed by atoms with Gasteiger partial charge in [0.25, 0.3) is 5.91 Å². The molecular formula is C16H20F3NO4. The number of hydrogen-bond acceptors (Lipinski definition) is 4. The fourth-order valence-electron chi connectivity index (χ4n) is 2.03. The van der Waals surface area contributed by atoms with Crippen molar-refractivity contribution in [1.82, 2.24) is 5.32 Å². The lowest BCUT2D eigenvalue weighted by molar-refractivity contribution is -0.148. The molecule has 1 aromatic carbocycles. The van der Waals surface area contributed by atoms with E-state index in [4.69, 9.17) is 0 Å². The van der Waals surface area contributed by atoms with E-state index in [0.29, 0.717) is 6.42 Å². The molecule has 0 unspecified atom stereocenters. The van der Waals surface area contributed by atoms with Crippen LogP contribution in [0.3, 0.4) is 0 Å². The van der Waals surface area contributed by atoms with E-state index in [-0.39, 0.29) is 11.5 Å². The molecule has 0 spiro atoms. The molecule has 3 atom stereocenters. The summed E-state index contributed by atoms with van der Waals surface area (Å²) in [4.78, 5) is 23.8. The molecule has 0 heterocycles. The van der Waals surface area contributed by atoms with Crippen LogP contribution in [0.2, 0.25) is 0 Å². The van der Waals surface area contributed by atoms with Gasteiger partial charge in [-0.1, -0.05) is 32.4 Å². The van der Waals surface area contributed by atoms with Crippen molar-refractivity contribution in [3.8, 4) is 0 Å². The fraction of sp³-hybridized carbons (Fsp3) is 0.500. The molecule has 0 bridgehead atoms. The number of aliphatic hydroxyl groups excluding tert-OH is 1. The number of amides is 1. The van der Waals surface area contributed by atoms with Gasteiger partial charge in [-0.3, -0.25) is 4.79 Å². The van der Waals surface area contributed by atoms with Crippen LogP contribution in [-0.2, 0) is 20.5 Å². The third kappa shape index (κ3) is 4.95. The Morgan fingerprint density at radius 2 is 1.79 bits per heavy atom. The second-order valence-electron chi connectivity index (χ2n) is 5.42. The van der Waals surface area contributed by atoms with Crippen LogP contribution in [0.25, 0.3) is 0 Å². The molecule has 24 heavy (non-hydrogen) atoms. The summed E-state index contributed by atoms with van der Waals surface area (Å²) < 4.78 is 42.2. The maximum Gasteiger partial charge on any atom is 0.416 e. The second-order valence-corrected chi connectivity index (χ2v) is 5.42. The number of esters is 1. The highest BCUT2D eigenvalue weighted by molar-refractivity contribution is 5.87. The van der Waals surface area contributed by atoms with Gasteiger partial charge in [-0.05, 0) is 23.6 Å². The Hall–Kier alpha value is -2.09. The Morgan fingerprint density at radius 3 is 2.21 bits per heavy atom. The molecule has 1 aromatic rings. The maximum atomic E-state index is 12.5. The highest BCUT2D eigenvalue weighted by atomic mass is 19.4. The summed E-state index contributed by atoms with van der Waals surface area (Å²) >= 11 is 0. The smallest absolute Gasteiger partial charge is 0.416 e. The lowest BCUT2D eigenvalue weighted by atomic mass is 9.98. The Bertz CT molecular complexity index is 572. The van der Waals surface area contributed by atoms with Crippen molar-refractivity contribution < 1.29 is 32.6 Å². The zero-order chi connectivity index (χ0) is 18.5. The number of rotatable bonds is 6. The zero-order valence-corrected chi connectivity index (χ0v) is 13.6. The number of halogens is 3. The predicted molar refractivity (Wildman–Crippen MR) is 79.8 cm³/mol. The summed E-state index contributed by atoms with van der Waals surface area (Å²) in [6, 6.07) is 2.64. The molecule has 0 aliphatic heterocycles. The molecule has 2 N–H and O–H groups in total. The number of ether oxygens (including phenoxy) is 1. The Labute approximate surface area is 137 Å². The van der Waals surface area contributed by atoms with Gasteiger partial charge < -0.3 is 15.2 Å². The normalized spacial score (nSPS) is 15.3. The van der Waals surface area contributed by atoms with Crippen LogP contribution < -0.4 is 5.32 Å². The minimum Gasteiger partial charge on any atom is -0.467 e. The van der Waals surface area contributed by atoms with Gasteiger partial charge in [0, 0.05) is 0 Å². The van der Waals surface area contributed by atoms with E-state index < -0.39 is 35.8 Å². The van der Waals surface area contributed by atoms with E-state index >= 15 is 0 Å². The van der Waals surface area contributed by atoms with Crippen molar-refractivity contribution >= 4 is 11.9 Å². The predicted octanol–water partition coefficient (Wildman–Crippen LogP) is 2.44. The number of benzene rings is 1. The van der Waals surface area contributed by atoms with Gasteiger partial charge in [0.1, 0.15) is 6.04 Å². The van der Waals surface area contributed by atoms with Crippen LogP contribution in [0, 0.1) is 5.92 Å². The zero-order valence-electron chi connectivity index (χ0n) is 13.6. The summed E-state index contributed by atoms with van der Waals surface area (Å²) in [5.74, 6) is -1.77. The van der Waals surface area contributed by atoms with Gasteiger partial charge in [-0.15, -0.1) is 0 Å². The maximum absolute atomic E-state index is 12.5. The van der Waals surface area contributed by atoms with Crippen molar-refractivity contribution in [2.75, 3.05) is 7.11 Å². The summed E-state index contributed by atoms with van der Waals surface area (Å²) in [7, 11) is 1.18. The van der Waals surface area contributed by atoms with Crippen molar-refractivity contribution in [2.24, 2.45) is 5.92 Å². The Morgan fingerprint density at radius 1 is 1.25 bits per heavy atom. The van der Waals surface area contributed by atoms with Crippen LogP contribution in [0.5, 0.6) is 0 Å². The lowest BCUT2D eigenvalue weighted by Crippen LogP contribution is -2.47. The standard InChI is InChI=1S/C16H20F3NO4/c1-4-9(2)12(15(23)24-3)20-14(22)13(21)10-5-7-11(8-6-10)16(17,18)19/h5-9,12-13,21H,4H2,1-3H3,(H,20,22)/t9-,12+,13+/m0/s1. The highest BCUT2D eigenvalue weighted by Gasteiger charge is 2.32. The van der Waals surface area contributed by atoms with E-state index in [0.717, 1.165) is 24.3 Å². The molecular weight excluding hydrogens is 327 g/mol. The van der Waals surface area contributed by atoms with E-state index in [1.807, 2.05) is 6.92 Å². The SMILES string of the molecule is CC[C@H](C)[C@@H](NC(=O)[C@H](O)c1ccc(C(F)(F)F)cc1)C(=O)OC. The number of methoxy groups -OCH3 is 1. The van der Waals surface area contributed by atoms with Crippen LogP contribution >= 0.6 is 0 Å². The van der Waals surface area contributed by atoms with Crippen molar-refractivity contribution in [2.45, 2.75) is 38.6 Å². The molecule has 0 aliphatic rings. The van der Waals surface area contributed by atoms with Gasteiger partial charge in [0.05, 0.1) is 12.7 Å². The van der Waals surface area contributed by atoms with Gasteiger partial charge in [-0.2, -0.15) is 13.2 Å². The Kier molecular flexibility index (Phi) is 6.77. The van der Waals surface area contributed by atoms with Gasteiger partial charge in [-0.25, -0.2) is 4.79 Å². The molecule has 0 aliphatic carbocycles. The number of nitrogens with one attached hydrogen (secondary N) is 1. The molecule has 8 heteroatoms. The average Bonchev–Trinajstić information content (AvgIpc) is 2.56. The fourth-order valence-corrected chi connectivity index (χ4v) is 2.03. The molecule has 0 aromatic heterocycles. The summed E-state index contributed by atoms with van der Waals surface area (Å²) in [5.41, 5.74) is -0.890. The average molecular weight is 347 g/mol. The molecule has 0 saturated heterocycles. The highest BCUT2D eigenvalue weighted by Crippen LogP contribution is 2.30. The largest absolute Gasteiger partial charge is 0.467 e. The van der Waals surface area contributed by atoms with Gasteiger partial charge in [0.2, 0.25) is 0 Å². The number of carbonyl (C=O) groups is 2. The number of alkyl halides is 3.